The number of esters is 1. The minimum atomic E-state index is -1.08. The first kappa shape index (κ1) is 26.0. The van der Waals surface area contributed by atoms with Crippen LogP contribution in [0.2, 0.25) is 0 Å². The summed E-state index contributed by atoms with van der Waals surface area (Å²) in [5.41, 5.74) is -0.0896. The molecule has 4 aromatic rings. The molecule has 0 aliphatic rings. The standard InChI is InChI=1S/C29H23NO8/c1-37-28(35)19-11-5-7-13-22(19)30-27(34)23(32)16-18(31)15-21(17-9-3-2-4-10-17)25-26(33)20-12-6-8-14-24(20)38-29(25)36/h2-14,21,33H,15-16H2,1H3,(H,30,34). The molecule has 0 radical (unpaired) electrons. The fourth-order valence-electron chi connectivity index (χ4n) is 4.16. The van der Waals surface area contributed by atoms with Crippen molar-refractivity contribution in [2.75, 3.05) is 12.4 Å². The highest BCUT2D eigenvalue weighted by Crippen LogP contribution is 2.36. The van der Waals surface area contributed by atoms with Gasteiger partial charge >= 0.3 is 11.6 Å². The van der Waals surface area contributed by atoms with Crippen LogP contribution in [-0.2, 0) is 19.1 Å². The van der Waals surface area contributed by atoms with Gasteiger partial charge in [0.25, 0.3) is 5.91 Å². The SMILES string of the molecule is COC(=O)c1ccccc1NC(=O)C(=O)CC(=O)CC(c1ccccc1)c1c(O)c2ccccc2oc1=O. The predicted octanol–water partition coefficient (Wildman–Crippen LogP) is 3.97. The van der Waals surface area contributed by atoms with Crippen molar-refractivity contribution in [1.82, 2.24) is 0 Å². The van der Waals surface area contributed by atoms with Gasteiger partial charge in [0.2, 0.25) is 5.78 Å². The molecule has 4 rings (SSSR count). The van der Waals surface area contributed by atoms with Gasteiger partial charge in [-0.25, -0.2) is 9.59 Å². The number of aromatic hydroxyl groups is 1. The summed E-state index contributed by atoms with van der Waals surface area (Å²) in [6.07, 6.45) is -1.10. The number of fused-ring (bicyclic) bond motifs is 1. The van der Waals surface area contributed by atoms with E-state index in [2.05, 4.69) is 10.1 Å². The fraction of sp³-hybridized carbons (Fsp3) is 0.138. The summed E-state index contributed by atoms with van der Waals surface area (Å²) < 4.78 is 10.1. The molecular formula is C29H23NO8. The summed E-state index contributed by atoms with van der Waals surface area (Å²) in [4.78, 5) is 62.9. The van der Waals surface area contributed by atoms with Crippen molar-refractivity contribution in [2.45, 2.75) is 18.8 Å². The van der Waals surface area contributed by atoms with Gasteiger partial charge in [-0.2, -0.15) is 0 Å². The van der Waals surface area contributed by atoms with E-state index in [0.29, 0.717) is 10.9 Å². The van der Waals surface area contributed by atoms with Crippen LogP contribution in [0.15, 0.2) is 88.1 Å². The second-order valence-corrected chi connectivity index (χ2v) is 8.45. The molecular weight excluding hydrogens is 490 g/mol. The van der Waals surface area contributed by atoms with E-state index in [1.54, 1.807) is 66.7 Å². The van der Waals surface area contributed by atoms with Crippen LogP contribution in [0.3, 0.4) is 0 Å². The smallest absolute Gasteiger partial charge is 0.343 e. The highest BCUT2D eigenvalue weighted by atomic mass is 16.5. The summed E-state index contributed by atoms with van der Waals surface area (Å²) in [6, 6.07) is 21.0. The molecule has 3 aromatic carbocycles. The molecule has 0 spiro atoms. The van der Waals surface area contributed by atoms with Crippen molar-refractivity contribution < 1.29 is 33.4 Å². The average Bonchev–Trinajstić information content (AvgIpc) is 2.92. The zero-order valence-corrected chi connectivity index (χ0v) is 20.3. The summed E-state index contributed by atoms with van der Waals surface area (Å²) >= 11 is 0. The second kappa shape index (κ2) is 11.3. The van der Waals surface area contributed by atoms with E-state index in [1.165, 1.54) is 19.2 Å². The number of rotatable bonds is 9. The average molecular weight is 514 g/mol. The monoisotopic (exact) mass is 513 g/mol. The van der Waals surface area contributed by atoms with Crippen LogP contribution in [0.25, 0.3) is 11.0 Å². The number of amides is 1. The molecule has 1 aromatic heterocycles. The van der Waals surface area contributed by atoms with Crippen LogP contribution in [0.1, 0.15) is 40.2 Å². The van der Waals surface area contributed by atoms with E-state index in [-0.39, 0.29) is 34.6 Å². The lowest BCUT2D eigenvalue weighted by molar-refractivity contribution is -0.137. The molecule has 9 nitrogen and oxygen atoms in total. The van der Waals surface area contributed by atoms with E-state index in [0.717, 1.165) is 0 Å². The molecule has 0 fully saturated rings. The summed E-state index contributed by atoms with van der Waals surface area (Å²) in [6.45, 7) is 0. The van der Waals surface area contributed by atoms with Crippen molar-refractivity contribution in [2.24, 2.45) is 0 Å². The Balaban J connectivity index is 1.58. The van der Waals surface area contributed by atoms with Crippen molar-refractivity contribution in [1.29, 1.82) is 0 Å². The van der Waals surface area contributed by atoms with Crippen molar-refractivity contribution in [3.63, 3.8) is 0 Å². The Morgan fingerprint density at radius 3 is 2.32 bits per heavy atom. The molecule has 0 bridgehead atoms. The number of benzene rings is 3. The number of carbonyl (C=O) groups excluding carboxylic acids is 4. The Morgan fingerprint density at radius 1 is 0.921 bits per heavy atom. The molecule has 38 heavy (non-hydrogen) atoms. The number of Topliss-reactive ketones (excluding diaryl/α,β-unsaturated/α-hetero) is 2. The number of hydrogen-bond donors (Lipinski definition) is 2. The van der Waals surface area contributed by atoms with E-state index >= 15 is 0 Å². The number of anilines is 1. The van der Waals surface area contributed by atoms with E-state index in [1.807, 2.05) is 0 Å². The van der Waals surface area contributed by atoms with Gasteiger partial charge in [0, 0.05) is 12.3 Å². The molecule has 1 amide bonds. The van der Waals surface area contributed by atoms with Crippen LogP contribution in [-0.4, -0.2) is 35.7 Å². The number of methoxy groups -OCH3 is 1. The van der Waals surface area contributed by atoms with Gasteiger partial charge in [-0.15, -0.1) is 0 Å². The van der Waals surface area contributed by atoms with Crippen molar-refractivity contribution in [3.8, 4) is 5.75 Å². The Morgan fingerprint density at radius 2 is 1.58 bits per heavy atom. The van der Waals surface area contributed by atoms with Crippen LogP contribution in [0.4, 0.5) is 5.69 Å². The Kier molecular flexibility index (Phi) is 7.77. The van der Waals surface area contributed by atoms with Gasteiger partial charge in [0.1, 0.15) is 17.1 Å². The van der Waals surface area contributed by atoms with Crippen LogP contribution in [0.5, 0.6) is 5.75 Å². The Bertz CT molecular complexity index is 1590. The quantitative estimate of drug-likeness (QED) is 0.148. The molecule has 0 saturated heterocycles. The minimum absolute atomic E-state index is 0.0464. The fourth-order valence-corrected chi connectivity index (χ4v) is 4.16. The number of nitrogens with one attached hydrogen (secondary N) is 1. The third kappa shape index (κ3) is 5.52. The number of hydrogen-bond acceptors (Lipinski definition) is 8. The zero-order chi connectivity index (χ0) is 27.2. The first-order chi connectivity index (χ1) is 18.3. The summed E-state index contributed by atoms with van der Waals surface area (Å²) in [5, 5.41) is 13.6. The number of ketones is 2. The lowest BCUT2D eigenvalue weighted by atomic mass is 9.86. The third-order valence-electron chi connectivity index (χ3n) is 5.99. The zero-order valence-electron chi connectivity index (χ0n) is 20.3. The van der Waals surface area contributed by atoms with E-state index in [9.17, 15) is 29.1 Å². The molecule has 192 valence electrons. The summed E-state index contributed by atoms with van der Waals surface area (Å²) in [7, 11) is 1.18. The lowest BCUT2D eigenvalue weighted by Crippen LogP contribution is -2.27. The largest absolute Gasteiger partial charge is 0.507 e. The molecule has 0 aliphatic carbocycles. The third-order valence-corrected chi connectivity index (χ3v) is 5.99. The van der Waals surface area contributed by atoms with E-state index < -0.39 is 41.4 Å². The van der Waals surface area contributed by atoms with Crippen LogP contribution >= 0.6 is 0 Å². The normalized spacial score (nSPS) is 11.5. The molecule has 1 unspecified atom stereocenters. The van der Waals surface area contributed by atoms with Gasteiger partial charge in [-0.05, 0) is 29.8 Å². The maximum absolute atomic E-state index is 13.0. The molecule has 9 heteroatoms. The maximum Gasteiger partial charge on any atom is 0.343 e. The maximum atomic E-state index is 13.0. The van der Waals surface area contributed by atoms with Gasteiger partial charge < -0.3 is 19.6 Å². The second-order valence-electron chi connectivity index (χ2n) is 8.45. The first-order valence-corrected chi connectivity index (χ1v) is 11.6. The molecule has 1 atom stereocenters. The Hall–Kier alpha value is -5.05. The minimum Gasteiger partial charge on any atom is -0.507 e. The van der Waals surface area contributed by atoms with Crippen LogP contribution < -0.4 is 10.9 Å². The van der Waals surface area contributed by atoms with Crippen LogP contribution in [0, 0.1) is 0 Å². The number of ether oxygens (including phenoxy) is 1. The van der Waals surface area contributed by atoms with Gasteiger partial charge in [-0.1, -0.05) is 54.6 Å². The molecule has 0 aliphatic heterocycles. The Labute approximate surface area is 216 Å². The predicted molar refractivity (Wildman–Crippen MR) is 138 cm³/mol. The van der Waals surface area contributed by atoms with Gasteiger partial charge in [0.15, 0.2) is 0 Å². The molecule has 2 N–H and O–H groups in total. The molecule has 0 saturated carbocycles. The van der Waals surface area contributed by atoms with Gasteiger partial charge in [0.05, 0.1) is 35.7 Å². The lowest BCUT2D eigenvalue weighted by Gasteiger charge is -2.18. The van der Waals surface area contributed by atoms with Crippen molar-refractivity contribution >= 4 is 40.1 Å². The highest BCUT2D eigenvalue weighted by Gasteiger charge is 2.29. The summed E-state index contributed by atoms with van der Waals surface area (Å²) in [5.74, 6) is -4.70. The van der Waals surface area contributed by atoms with Crippen molar-refractivity contribution in [3.05, 3.63) is 106 Å². The van der Waals surface area contributed by atoms with Gasteiger partial charge in [-0.3, -0.25) is 14.4 Å². The first-order valence-electron chi connectivity index (χ1n) is 11.6. The molecule has 1 heterocycles. The van der Waals surface area contributed by atoms with E-state index in [4.69, 9.17) is 4.42 Å². The number of carbonyl (C=O) groups is 4. The highest BCUT2D eigenvalue weighted by molar-refractivity contribution is 6.43. The topological polar surface area (TPSA) is 140 Å². The number of para-hydroxylation sites is 2.